The molecule has 1 aliphatic carbocycles. The van der Waals surface area contributed by atoms with Crippen molar-refractivity contribution in [1.82, 2.24) is 0 Å². The Kier molecular flexibility index (Phi) is 4.45. The predicted molar refractivity (Wildman–Crippen MR) is 59.3 cm³/mol. The number of hydrogen-bond acceptors (Lipinski definition) is 0. The average Bonchev–Trinajstić information content (AvgIpc) is 2.02. The van der Waals surface area contributed by atoms with Crippen molar-refractivity contribution in [2.45, 2.75) is 38.1 Å². The fourth-order valence-electron chi connectivity index (χ4n) is 1.43. The number of hydrogen-bond donors (Lipinski definition) is 0. The van der Waals surface area contributed by atoms with Crippen LogP contribution >= 0.6 is 33.2 Å². The molecule has 0 aromatic carbocycles. The molecule has 0 atom stereocenters. The minimum Gasteiger partial charge on any atom is -0.126 e. The van der Waals surface area contributed by atoms with Crippen molar-refractivity contribution in [3.05, 3.63) is 11.6 Å². The van der Waals surface area contributed by atoms with Gasteiger partial charge >= 0.3 is 6.00 Å². The first-order chi connectivity index (χ1) is 5.58. The molecule has 4 heteroatoms. The summed E-state index contributed by atoms with van der Waals surface area (Å²) < 4.78 is 0. The van der Waals surface area contributed by atoms with Crippen LogP contribution in [-0.4, -0.2) is 6.00 Å². The molecule has 0 radical (unpaired) electrons. The standard InChI is InChI=1S/C8H13Cl3Si/c9-12(10,11)7-6-8-4-2-1-3-5-8/h4H,1-3,5-7H2. The maximum atomic E-state index is 5.79. The van der Waals surface area contributed by atoms with Crippen LogP contribution in [0.15, 0.2) is 11.6 Å². The summed E-state index contributed by atoms with van der Waals surface area (Å²) in [4.78, 5) is 0. The van der Waals surface area contributed by atoms with Gasteiger partial charge in [0.15, 0.2) is 0 Å². The molecule has 0 aromatic rings. The van der Waals surface area contributed by atoms with Crippen LogP contribution in [0.25, 0.3) is 0 Å². The van der Waals surface area contributed by atoms with Crippen LogP contribution in [0.2, 0.25) is 6.04 Å². The minimum absolute atomic E-state index is 0.781. The van der Waals surface area contributed by atoms with Gasteiger partial charge in [-0.2, -0.15) is 0 Å². The normalized spacial score (nSPS) is 19.1. The van der Waals surface area contributed by atoms with E-state index in [0.29, 0.717) is 0 Å². The summed E-state index contributed by atoms with van der Waals surface area (Å²) in [5, 5.41) is 0. The SMILES string of the molecule is Cl[Si](Cl)(Cl)CCC1=CCCCC1. The van der Waals surface area contributed by atoms with Crippen LogP contribution in [0, 0.1) is 0 Å². The molecule has 0 spiro atoms. The second-order valence-electron chi connectivity index (χ2n) is 3.22. The molecule has 0 heterocycles. The summed E-state index contributed by atoms with van der Waals surface area (Å²) in [5.41, 5.74) is 1.50. The second-order valence-corrected chi connectivity index (χ2v) is 12.5. The van der Waals surface area contributed by atoms with E-state index in [1.54, 1.807) is 0 Å². The van der Waals surface area contributed by atoms with Crippen molar-refractivity contribution < 1.29 is 0 Å². The van der Waals surface area contributed by atoms with Crippen LogP contribution < -0.4 is 0 Å². The lowest BCUT2D eigenvalue weighted by Crippen LogP contribution is -2.09. The van der Waals surface area contributed by atoms with Gasteiger partial charge < -0.3 is 0 Å². The van der Waals surface area contributed by atoms with Gasteiger partial charge in [-0.05, 0) is 38.1 Å². The molecule has 12 heavy (non-hydrogen) atoms. The third kappa shape index (κ3) is 4.76. The van der Waals surface area contributed by atoms with E-state index in [0.717, 1.165) is 12.5 Å². The Balaban J connectivity index is 2.26. The van der Waals surface area contributed by atoms with Gasteiger partial charge in [-0.1, -0.05) is 11.6 Å². The molecule has 0 unspecified atom stereocenters. The van der Waals surface area contributed by atoms with Crippen molar-refractivity contribution >= 4 is 39.2 Å². The molecule has 0 bridgehead atoms. The molecule has 1 rings (SSSR count). The van der Waals surface area contributed by atoms with Gasteiger partial charge in [-0.3, -0.25) is 0 Å². The number of allylic oxidation sites excluding steroid dienone is 2. The highest BCUT2D eigenvalue weighted by Gasteiger charge is 2.24. The summed E-state index contributed by atoms with van der Waals surface area (Å²) in [7, 11) is 0. The highest BCUT2D eigenvalue weighted by molar-refractivity contribution is 7.64. The Morgan fingerprint density at radius 3 is 2.50 bits per heavy atom. The third-order valence-corrected chi connectivity index (χ3v) is 4.63. The van der Waals surface area contributed by atoms with Crippen LogP contribution in [0.1, 0.15) is 32.1 Å². The fourth-order valence-corrected chi connectivity index (χ4v) is 2.89. The van der Waals surface area contributed by atoms with Crippen molar-refractivity contribution in [2.75, 3.05) is 0 Å². The van der Waals surface area contributed by atoms with E-state index >= 15 is 0 Å². The average molecular weight is 244 g/mol. The molecule has 0 nitrogen and oxygen atoms in total. The van der Waals surface area contributed by atoms with E-state index < -0.39 is 6.00 Å². The largest absolute Gasteiger partial charge is 0.341 e. The van der Waals surface area contributed by atoms with Crippen LogP contribution in [-0.2, 0) is 0 Å². The second kappa shape index (κ2) is 4.90. The summed E-state index contributed by atoms with van der Waals surface area (Å²) in [6, 6.07) is -1.58. The van der Waals surface area contributed by atoms with Crippen molar-refractivity contribution in [3.63, 3.8) is 0 Å². The van der Waals surface area contributed by atoms with Crippen LogP contribution in [0.4, 0.5) is 0 Å². The van der Waals surface area contributed by atoms with Gasteiger partial charge in [0, 0.05) is 0 Å². The predicted octanol–water partition coefficient (Wildman–Crippen LogP) is 4.53. The van der Waals surface area contributed by atoms with Crippen molar-refractivity contribution in [1.29, 1.82) is 0 Å². The molecule has 0 aliphatic heterocycles. The van der Waals surface area contributed by atoms with Gasteiger partial charge in [0.25, 0.3) is 0 Å². The molecule has 0 aromatic heterocycles. The van der Waals surface area contributed by atoms with Crippen LogP contribution in [0.3, 0.4) is 0 Å². The lowest BCUT2D eigenvalue weighted by molar-refractivity contribution is 0.684. The molecule has 0 saturated carbocycles. The van der Waals surface area contributed by atoms with Crippen LogP contribution in [0.5, 0.6) is 0 Å². The Bertz CT molecular complexity index is 172. The molecule has 0 amide bonds. The topological polar surface area (TPSA) is 0 Å². The van der Waals surface area contributed by atoms with Gasteiger partial charge in [0.05, 0.1) is 0 Å². The number of halogens is 3. The molecule has 0 fully saturated rings. The Morgan fingerprint density at radius 1 is 1.25 bits per heavy atom. The Labute approximate surface area is 89.0 Å². The van der Waals surface area contributed by atoms with E-state index in [-0.39, 0.29) is 0 Å². The van der Waals surface area contributed by atoms with Gasteiger partial charge in [-0.15, -0.1) is 33.2 Å². The van der Waals surface area contributed by atoms with Crippen molar-refractivity contribution in [2.24, 2.45) is 0 Å². The quantitative estimate of drug-likeness (QED) is 0.388. The summed E-state index contributed by atoms with van der Waals surface area (Å²) in [6.07, 6.45) is 8.39. The van der Waals surface area contributed by atoms with E-state index in [2.05, 4.69) is 6.08 Å². The molecule has 1 aliphatic rings. The van der Waals surface area contributed by atoms with Crippen molar-refractivity contribution in [3.8, 4) is 0 Å². The first-order valence-electron chi connectivity index (χ1n) is 4.32. The fraction of sp³-hybridized carbons (Fsp3) is 0.750. The lowest BCUT2D eigenvalue weighted by Gasteiger charge is -2.14. The summed E-state index contributed by atoms with van der Waals surface area (Å²) in [6.45, 7) is 0. The van der Waals surface area contributed by atoms with E-state index in [4.69, 9.17) is 33.2 Å². The zero-order valence-corrected chi connectivity index (χ0v) is 10.2. The molecule has 0 saturated heterocycles. The van der Waals surface area contributed by atoms with Gasteiger partial charge in [0.2, 0.25) is 0 Å². The maximum absolute atomic E-state index is 5.79. The summed E-state index contributed by atoms with van der Waals surface area (Å²) >= 11 is 17.4. The smallest absolute Gasteiger partial charge is 0.126 e. The highest BCUT2D eigenvalue weighted by Crippen LogP contribution is 2.30. The third-order valence-electron chi connectivity index (χ3n) is 2.11. The first kappa shape index (κ1) is 10.9. The van der Waals surface area contributed by atoms with Gasteiger partial charge in [-0.25, -0.2) is 0 Å². The highest BCUT2D eigenvalue weighted by atomic mass is 35.8. The Hall–Kier alpha value is 0.827. The minimum atomic E-state index is -2.37. The molecule has 0 N–H and O–H groups in total. The van der Waals surface area contributed by atoms with E-state index in [9.17, 15) is 0 Å². The zero-order valence-electron chi connectivity index (χ0n) is 6.95. The molecule has 70 valence electrons. The first-order valence-corrected chi connectivity index (χ1v) is 9.57. The lowest BCUT2D eigenvalue weighted by atomic mass is 9.98. The molecular formula is C8H13Cl3Si. The van der Waals surface area contributed by atoms with E-state index in [1.165, 1.54) is 31.3 Å². The zero-order chi connectivity index (χ0) is 9.03. The van der Waals surface area contributed by atoms with E-state index in [1.807, 2.05) is 0 Å². The Morgan fingerprint density at radius 2 is 2.00 bits per heavy atom. The maximum Gasteiger partial charge on any atom is 0.341 e. The molecular weight excluding hydrogens is 231 g/mol. The summed E-state index contributed by atoms with van der Waals surface area (Å²) in [5.74, 6) is 0. The van der Waals surface area contributed by atoms with Gasteiger partial charge in [0.1, 0.15) is 0 Å². The number of rotatable bonds is 3. The monoisotopic (exact) mass is 242 g/mol.